The van der Waals surface area contributed by atoms with Gasteiger partial charge in [-0.1, -0.05) is 6.92 Å². The van der Waals surface area contributed by atoms with Gasteiger partial charge in [-0.25, -0.2) is 0 Å². The third-order valence-electron chi connectivity index (χ3n) is 2.48. The highest BCUT2D eigenvalue weighted by molar-refractivity contribution is 5.10. The molecule has 0 saturated carbocycles. The van der Waals surface area contributed by atoms with Crippen molar-refractivity contribution in [3.63, 3.8) is 0 Å². The molecule has 1 aromatic rings. The fourth-order valence-electron chi connectivity index (χ4n) is 1.58. The van der Waals surface area contributed by atoms with E-state index in [0.717, 1.165) is 25.7 Å². The molecule has 1 unspecified atom stereocenters. The van der Waals surface area contributed by atoms with Gasteiger partial charge in [-0.15, -0.1) is 0 Å². The Labute approximate surface area is 86.3 Å². The van der Waals surface area contributed by atoms with Crippen molar-refractivity contribution in [3.8, 4) is 0 Å². The van der Waals surface area contributed by atoms with E-state index in [4.69, 9.17) is 5.73 Å². The van der Waals surface area contributed by atoms with E-state index in [1.165, 1.54) is 11.4 Å². The lowest BCUT2D eigenvalue weighted by molar-refractivity contribution is 0.600. The molecule has 14 heavy (non-hydrogen) atoms. The monoisotopic (exact) mass is 195 g/mol. The van der Waals surface area contributed by atoms with Crippen LogP contribution in [0.5, 0.6) is 0 Å². The fourth-order valence-corrected chi connectivity index (χ4v) is 1.58. The summed E-state index contributed by atoms with van der Waals surface area (Å²) in [5.41, 5.74) is 8.21. The van der Waals surface area contributed by atoms with Gasteiger partial charge in [0.25, 0.3) is 0 Å². The van der Waals surface area contributed by atoms with E-state index in [1.54, 1.807) is 0 Å². The fraction of sp³-hybridized carbons (Fsp3) is 0.727. The van der Waals surface area contributed by atoms with Gasteiger partial charge in [-0.2, -0.15) is 5.10 Å². The van der Waals surface area contributed by atoms with Crippen LogP contribution in [0.3, 0.4) is 0 Å². The molecule has 0 radical (unpaired) electrons. The molecule has 0 amide bonds. The second-order valence-corrected chi connectivity index (χ2v) is 3.97. The summed E-state index contributed by atoms with van der Waals surface area (Å²) in [6.07, 6.45) is 4.35. The number of hydrogen-bond acceptors (Lipinski definition) is 2. The minimum absolute atomic E-state index is 0.314. The van der Waals surface area contributed by atoms with E-state index >= 15 is 0 Å². The van der Waals surface area contributed by atoms with Crippen LogP contribution in [0.2, 0.25) is 0 Å². The quantitative estimate of drug-likeness (QED) is 0.776. The number of rotatable bonds is 5. The summed E-state index contributed by atoms with van der Waals surface area (Å²) >= 11 is 0. The molecule has 3 heteroatoms. The van der Waals surface area contributed by atoms with Crippen molar-refractivity contribution in [1.82, 2.24) is 9.78 Å². The van der Waals surface area contributed by atoms with Crippen molar-refractivity contribution in [1.29, 1.82) is 0 Å². The molecule has 1 rings (SSSR count). The van der Waals surface area contributed by atoms with Gasteiger partial charge in [0.2, 0.25) is 0 Å². The van der Waals surface area contributed by atoms with Gasteiger partial charge in [0.05, 0.1) is 5.69 Å². The van der Waals surface area contributed by atoms with Gasteiger partial charge in [0.1, 0.15) is 0 Å². The number of nitrogens with two attached hydrogens (primary N) is 1. The van der Waals surface area contributed by atoms with E-state index in [1.807, 2.05) is 11.7 Å². The molecular weight excluding hydrogens is 174 g/mol. The largest absolute Gasteiger partial charge is 0.328 e. The molecule has 0 aliphatic carbocycles. The SMILES string of the molecule is CCc1cc(CCCC(C)N)n(C)n1. The first-order chi connectivity index (χ1) is 6.63. The Kier molecular flexibility index (Phi) is 4.14. The molecular formula is C11H21N3. The van der Waals surface area contributed by atoms with Crippen molar-refractivity contribution in [2.45, 2.75) is 45.6 Å². The lowest BCUT2D eigenvalue weighted by atomic mass is 10.1. The Hall–Kier alpha value is -0.830. The Morgan fingerprint density at radius 2 is 2.29 bits per heavy atom. The van der Waals surface area contributed by atoms with Crippen molar-refractivity contribution in [2.75, 3.05) is 0 Å². The van der Waals surface area contributed by atoms with Crippen molar-refractivity contribution in [2.24, 2.45) is 12.8 Å². The van der Waals surface area contributed by atoms with Gasteiger partial charge < -0.3 is 5.73 Å². The van der Waals surface area contributed by atoms with Crippen LogP contribution in [-0.4, -0.2) is 15.8 Å². The van der Waals surface area contributed by atoms with Gasteiger partial charge >= 0.3 is 0 Å². The summed E-state index contributed by atoms with van der Waals surface area (Å²) in [4.78, 5) is 0. The first kappa shape index (κ1) is 11.2. The Morgan fingerprint density at radius 3 is 2.79 bits per heavy atom. The lowest BCUT2D eigenvalue weighted by Crippen LogP contribution is -2.14. The summed E-state index contributed by atoms with van der Waals surface area (Å²) < 4.78 is 1.99. The number of aryl methyl sites for hydroxylation is 3. The second kappa shape index (κ2) is 5.15. The van der Waals surface area contributed by atoms with Gasteiger partial charge in [-0.05, 0) is 38.7 Å². The third kappa shape index (κ3) is 3.14. The Morgan fingerprint density at radius 1 is 1.57 bits per heavy atom. The summed E-state index contributed by atoms with van der Waals surface area (Å²) in [7, 11) is 2.01. The van der Waals surface area contributed by atoms with Gasteiger partial charge in [0, 0.05) is 18.8 Å². The van der Waals surface area contributed by atoms with E-state index in [2.05, 4.69) is 25.0 Å². The molecule has 0 bridgehead atoms. The zero-order valence-corrected chi connectivity index (χ0v) is 9.45. The zero-order chi connectivity index (χ0) is 10.6. The average molecular weight is 195 g/mol. The third-order valence-corrected chi connectivity index (χ3v) is 2.48. The summed E-state index contributed by atoms with van der Waals surface area (Å²) in [6, 6.07) is 2.51. The molecule has 2 N–H and O–H groups in total. The molecule has 1 aromatic heterocycles. The summed E-state index contributed by atoms with van der Waals surface area (Å²) in [6.45, 7) is 4.19. The zero-order valence-electron chi connectivity index (χ0n) is 9.45. The standard InChI is InChI=1S/C11H21N3/c1-4-10-8-11(14(3)13-10)7-5-6-9(2)12/h8-9H,4-7,12H2,1-3H3. The smallest absolute Gasteiger partial charge is 0.0624 e. The average Bonchev–Trinajstić information content (AvgIpc) is 2.47. The van der Waals surface area contributed by atoms with E-state index in [9.17, 15) is 0 Å². The Balaban J connectivity index is 2.45. The topological polar surface area (TPSA) is 43.8 Å². The second-order valence-electron chi connectivity index (χ2n) is 3.97. The van der Waals surface area contributed by atoms with E-state index < -0.39 is 0 Å². The van der Waals surface area contributed by atoms with Gasteiger partial charge in [-0.3, -0.25) is 4.68 Å². The predicted octanol–water partition coefficient (Wildman–Crippen LogP) is 1.65. The lowest BCUT2D eigenvalue weighted by Gasteiger charge is -2.04. The molecule has 0 saturated heterocycles. The van der Waals surface area contributed by atoms with Crippen LogP contribution in [0, 0.1) is 0 Å². The highest BCUT2D eigenvalue weighted by Crippen LogP contribution is 2.08. The first-order valence-corrected chi connectivity index (χ1v) is 5.40. The molecule has 1 atom stereocenters. The number of aromatic nitrogens is 2. The van der Waals surface area contributed by atoms with Crippen LogP contribution in [0.4, 0.5) is 0 Å². The van der Waals surface area contributed by atoms with Crippen molar-refractivity contribution < 1.29 is 0 Å². The van der Waals surface area contributed by atoms with Gasteiger partial charge in [0.15, 0.2) is 0 Å². The van der Waals surface area contributed by atoms with Crippen LogP contribution in [0.1, 0.15) is 38.1 Å². The normalized spacial score (nSPS) is 13.1. The highest BCUT2D eigenvalue weighted by atomic mass is 15.3. The van der Waals surface area contributed by atoms with Crippen LogP contribution in [0.25, 0.3) is 0 Å². The molecule has 0 aliphatic heterocycles. The number of hydrogen-bond donors (Lipinski definition) is 1. The predicted molar refractivity (Wildman–Crippen MR) is 59.2 cm³/mol. The van der Waals surface area contributed by atoms with Crippen molar-refractivity contribution in [3.05, 3.63) is 17.5 Å². The first-order valence-electron chi connectivity index (χ1n) is 5.40. The molecule has 0 fully saturated rings. The maximum atomic E-state index is 5.70. The minimum Gasteiger partial charge on any atom is -0.328 e. The molecule has 1 heterocycles. The molecule has 0 spiro atoms. The Bertz CT molecular complexity index is 276. The maximum absolute atomic E-state index is 5.70. The number of nitrogens with zero attached hydrogens (tertiary/aromatic N) is 2. The molecule has 3 nitrogen and oxygen atoms in total. The summed E-state index contributed by atoms with van der Waals surface area (Å²) in [5, 5.41) is 4.41. The van der Waals surface area contributed by atoms with Crippen molar-refractivity contribution >= 4 is 0 Å². The van der Waals surface area contributed by atoms with Crippen LogP contribution in [-0.2, 0) is 19.9 Å². The molecule has 80 valence electrons. The maximum Gasteiger partial charge on any atom is 0.0624 e. The minimum atomic E-state index is 0.314. The summed E-state index contributed by atoms with van der Waals surface area (Å²) in [5.74, 6) is 0. The van der Waals surface area contributed by atoms with E-state index in [0.29, 0.717) is 6.04 Å². The van der Waals surface area contributed by atoms with Crippen LogP contribution in [0.15, 0.2) is 6.07 Å². The van der Waals surface area contributed by atoms with Crippen LogP contribution < -0.4 is 5.73 Å². The highest BCUT2D eigenvalue weighted by Gasteiger charge is 2.03. The molecule has 0 aromatic carbocycles. The molecule has 0 aliphatic rings. The van der Waals surface area contributed by atoms with E-state index in [-0.39, 0.29) is 0 Å². The van der Waals surface area contributed by atoms with Crippen LogP contribution >= 0.6 is 0 Å².